The molecule has 0 saturated heterocycles. The summed E-state index contributed by atoms with van der Waals surface area (Å²) in [6, 6.07) is 11.8. The third-order valence-electron chi connectivity index (χ3n) is 4.03. The number of nitrogens with one attached hydrogen (secondary N) is 1. The van der Waals surface area contributed by atoms with Crippen LogP contribution in [0.5, 0.6) is 0 Å². The Morgan fingerprint density at radius 2 is 1.83 bits per heavy atom. The van der Waals surface area contributed by atoms with Crippen molar-refractivity contribution in [2.45, 2.75) is 12.8 Å². The minimum atomic E-state index is -0.285. The number of rotatable bonds is 6. The molecule has 150 valence electrons. The number of carbonyl (C=O) groups excluding carboxylic acids is 2. The van der Waals surface area contributed by atoms with Crippen LogP contribution in [-0.4, -0.2) is 41.0 Å². The van der Waals surface area contributed by atoms with Gasteiger partial charge in [0, 0.05) is 43.1 Å². The topological polar surface area (TPSA) is 88.3 Å². The summed E-state index contributed by atoms with van der Waals surface area (Å²) in [5, 5.41) is 7.59. The molecule has 0 radical (unpaired) electrons. The largest absolute Gasteiger partial charge is 0.345 e. The number of amides is 2. The van der Waals surface area contributed by atoms with Crippen LogP contribution in [0.15, 0.2) is 47.0 Å². The maximum Gasteiger partial charge on any atom is 0.253 e. The molecule has 1 aromatic heterocycles. The van der Waals surface area contributed by atoms with Gasteiger partial charge in [0.15, 0.2) is 0 Å². The summed E-state index contributed by atoms with van der Waals surface area (Å²) >= 11 is 12.0. The third kappa shape index (κ3) is 5.34. The Morgan fingerprint density at radius 1 is 1.10 bits per heavy atom. The number of hydrogen-bond donors (Lipinski definition) is 1. The summed E-state index contributed by atoms with van der Waals surface area (Å²) in [6.45, 7) is 0. The highest BCUT2D eigenvalue weighted by Gasteiger charge is 2.14. The molecule has 2 aromatic carbocycles. The first-order valence-electron chi connectivity index (χ1n) is 8.73. The molecule has 1 heterocycles. The first-order chi connectivity index (χ1) is 13.8. The lowest BCUT2D eigenvalue weighted by atomic mass is 10.1. The highest BCUT2D eigenvalue weighted by molar-refractivity contribution is 6.34. The molecule has 0 bridgehead atoms. The van der Waals surface area contributed by atoms with E-state index in [0.29, 0.717) is 33.0 Å². The first kappa shape index (κ1) is 20.8. The molecule has 0 aliphatic carbocycles. The molecular formula is C20H18Cl2N4O3. The Bertz CT molecular complexity index is 1030. The Balaban J connectivity index is 1.61. The average Bonchev–Trinajstić information content (AvgIpc) is 3.17. The van der Waals surface area contributed by atoms with Gasteiger partial charge in [0.25, 0.3) is 5.91 Å². The second-order valence-corrected chi connectivity index (χ2v) is 7.30. The van der Waals surface area contributed by atoms with Crippen molar-refractivity contribution in [3.05, 3.63) is 64.0 Å². The SMILES string of the molecule is CN(C)C(=O)c1ccc(Cl)c(NC(=O)CCc2nc(-c3ccc(Cl)cc3)no2)c1. The zero-order valence-corrected chi connectivity index (χ0v) is 17.3. The standard InChI is InChI=1S/C20H18Cl2N4O3/c1-26(2)20(28)13-5-8-15(22)16(11-13)23-17(27)9-10-18-24-19(25-29-18)12-3-6-14(21)7-4-12/h3-8,11H,9-10H2,1-2H3,(H,23,27). The molecule has 3 rings (SSSR count). The van der Waals surface area contributed by atoms with E-state index >= 15 is 0 Å². The summed E-state index contributed by atoms with van der Waals surface area (Å²) in [5.41, 5.74) is 1.57. The van der Waals surface area contributed by atoms with Gasteiger partial charge in [0.2, 0.25) is 17.6 Å². The van der Waals surface area contributed by atoms with Gasteiger partial charge < -0.3 is 14.7 Å². The number of carbonyl (C=O) groups is 2. The Kier molecular flexibility index (Phi) is 6.51. The summed E-state index contributed by atoms with van der Waals surface area (Å²) in [7, 11) is 3.30. The molecule has 0 unspecified atom stereocenters. The first-order valence-corrected chi connectivity index (χ1v) is 9.48. The molecular weight excluding hydrogens is 415 g/mol. The Labute approximate surface area is 177 Å². The number of nitrogens with zero attached hydrogens (tertiary/aromatic N) is 3. The normalized spacial score (nSPS) is 10.6. The minimum Gasteiger partial charge on any atom is -0.345 e. The van der Waals surface area contributed by atoms with Crippen LogP contribution >= 0.6 is 23.2 Å². The fourth-order valence-electron chi connectivity index (χ4n) is 2.52. The van der Waals surface area contributed by atoms with E-state index < -0.39 is 0 Å². The van der Waals surface area contributed by atoms with Crippen molar-refractivity contribution < 1.29 is 14.1 Å². The van der Waals surface area contributed by atoms with Crippen LogP contribution < -0.4 is 5.32 Å². The van der Waals surface area contributed by atoms with Gasteiger partial charge >= 0.3 is 0 Å². The van der Waals surface area contributed by atoms with Crippen molar-refractivity contribution in [2.24, 2.45) is 0 Å². The van der Waals surface area contributed by atoms with Gasteiger partial charge in [-0.3, -0.25) is 9.59 Å². The average molecular weight is 433 g/mol. The van der Waals surface area contributed by atoms with E-state index in [1.807, 2.05) is 0 Å². The lowest BCUT2D eigenvalue weighted by Gasteiger charge is -2.12. The van der Waals surface area contributed by atoms with Crippen LogP contribution in [0.4, 0.5) is 5.69 Å². The molecule has 0 fully saturated rings. The van der Waals surface area contributed by atoms with E-state index in [0.717, 1.165) is 5.56 Å². The molecule has 7 nitrogen and oxygen atoms in total. The van der Waals surface area contributed by atoms with Crippen LogP contribution in [0, 0.1) is 0 Å². The Hall–Kier alpha value is -2.90. The van der Waals surface area contributed by atoms with E-state index in [9.17, 15) is 9.59 Å². The molecule has 29 heavy (non-hydrogen) atoms. The fraction of sp³-hybridized carbons (Fsp3) is 0.200. The molecule has 0 spiro atoms. The van der Waals surface area contributed by atoms with Gasteiger partial charge in [-0.15, -0.1) is 0 Å². The van der Waals surface area contributed by atoms with Crippen molar-refractivity contribution in [2.75, 3.05) is 19.4 Å². The summed E-state index contributed by atoms with van der Waals surface area (Å²) in [5.74, 6) is 0.299. The highest BCUT2D eigenvalue weighted by atomic mass is 35.5. The number of anilines is 1. The minimum absolute atomic E-state index is 0.116. The smallest absolute Gasteiger partial charge is 0.253 e. The van der Waals surface area contributed by atoms with Crippen molar-refractivity contribution in [1.29, 1.82) is 0 Å². The number of hydrogen-bond acceptors (Lipinski definition) is 5. The van der Waals surface area contributed by atoms with E-state index in [2.05, 4.69) is 15.5 Å². The van der Waals surface area contributed by atoms with Gasteiger partial charge in [-0.2, -0.15) is 4.98 Å². The van der Waals surface area contributed by atoms with Gasteiger partial charge in [-0.25, -0.2) is 0 Å². The molecule has 0 saturated carbocycles. The van der Waals surface area contributed by atoms with E-state index in [1.54, 1.807) is 56.6 Å². The summed E-state index contributed by atoms with van der Waals surface area (Å²) < 4.78 is 5.20. The fourth-order valence-corrected chi connectivity index (χ4v) is 2.81. The van der Waals surface area contributed by atoms with E-state index in [4.69, 9.17) is 27.7 Å². The number of aromatic nitrogens is 2. The van der Waals surface area contributed by atoms with Crippen LogP contribution in [-0.2, 0) is 11.2 Å². The van der Waals surface area contributed by atoms with Crippen LogP contribution in [0.1, 0.15) is 22.7 Å². The maximum atomic E-state index is 12.3. The van der Waals surface area contributed by atoms with Gasteiger partial charge in [-0.05, 0) is 42.5 Å². The second-order valence-electron chi connectivity index (χ2n) is 6.46. The van der Waals surface area contributed by atoms with Crippen molar-refractivity contribution in [1.82, 2.24) is 15.0 Å². The van der Waals surface area contributed by atoms with Crippen LogP contribution in [0.3, 0.4) is 0 Å². The van der Waals surface area contributed by atoms with E-state index in [-0.39, 0.29) is 24.7 Å². The van der Waals surface area contributed by atoms with Gasteiger partial charge in [-0.1, -0.05) is 28.4 Å². The maximum absolute atomic E-state index is 12.3. The molecule has 2 amide bonds. The molecule has 0 aliphatic heterocycles. The highest BCUT2D eigenvalue weighted by Crippen LogP contribution is 2.24. The quantitative estimate of drug-likeness (QED) is 0.626. The van der Waals surface area contributed by atoms with Gasteiger partial charge in [0.1, 0.15) is 0 Å². The number of benzene rings is 2. The van der Waals surface area contributed by atoms with Crippen molar-refractivity contribution >= 4 is 40.7 Å². The van der Waals surface area contributed by atoms with Gasteiger partial charge in [0.05, 0.1) is 10.7 Å². The molecule has 0 aliphatic rings. The zero-order chi connectivity index (χ0) is 21.0. The zero-order valence-electron chi connectivity index (χ0n) is 15.8. The second kappa shape index (κ2) is 9.07. The van der Waals surface area contributed by atoms with Crippen molar-refractivity contribution in [3.63, 3.8) is 0 Å². The molecule has 3 aromatic rings. The van der Waals surface area contributed by atoms with Crippen LogP contribution in [0.25, 0.3) is 11.4 Å². The van der Waals surface area contributed by atoms with Crippen LogP contribution in [0.2, 0.25) is 10.0 Å². The molecule has 0 atom stereocenters. The lowest BCUT2D eigenvalue weighted by molar-refractivity contribution is -0.116. The molecule has 1 N–H and O–H groups in total. The molecule has 9 heteroatoms. The predicted octanol–water partition coefficient (Wildman–Crippen LogP) is 4.32. The van der Waals surface area contributed by atoms with E-state index in [1.165, 1.54) is 4.90 Å². The Morgan fingerprint density at radius 3 is 2.52 bits per heavy atom. The number of halogens is 2. The number of aryl methyl sites for hydroxylation is 1. The summed E-state index contributed by atoms with van der Waals surface area (Å²) in [4.78, 5) is 30.1. The predicted molar refractivity (Wildman–Crippen MR) is 111 cm³/mol. The monoisotopic (exact) mass is 432 g/mol. The third-order valence-corrected chi connectivity index (χ3v) is 4.61. The lowest BCUT2D eigenvalue weighted by Crippen LogP contribution is -2.22. The summed E-state index contributed by atoms with van der Waals surface area (Å²) in [6.07, 6.45) is 0.380. The van der Waals surface area contributed by atoms with Crippen molar-refractivity contribution in [3.8, 4) is 11.4 Å².